The zero-order valence-corrected chi connectivity index (χ0v) is 13.0. The molecule has 1 fully saturated rings. The first-order valence-corrected chi connectivity index (χ1v) is 8.60. The van der Waals surface area contributed by atoms with Crippen LogP contribution in [-0.4, -0.2) is 55.6 Å². The molecule has 0 amide bonds. The average molecular weight is 287 g/mol. The topological polar surface area (TPSA) is 64.4 Å². The predicted octanol–water partition coefficient (Wildman–Crippen LogP) is 1.42. The average Bonchev–Trinajstić information content (AvgIpc) is 2.38. The minimum absolute atomic E-state index is 0.0828. The summed E-state index contributed by atoms with van der Waals surface area (Å²) in [6.45, 7) is 6.28. The lowest BCUT2D eigenvalue weighted by molar-refractivity contribution is 0.121. The molecule has 0 bridgehead atoms. The van der Waals surface area contributed by atoms with E-state index in [1.807, 2.05) is 6.07 Å². The summed E-state index contributed by atoms with van der Waals surface area (Å²) < 4.78 is 25.9. The Morgan fingerprint density at radius 1 is 1.47 bits per heavy atom. The third-order valence-electron chi connectivity index (χ3n) is 4.04. The van der Waals surface area contributed by atoms with Crippen LogP contribution in [0, 0.1) is 11.3 Å². The summed E-state index contributed by atoms with van der Waals surface area (Å²) in [6, 6.07) is 2.52. The molecule has 0 saturated carbocycles. The van der Waals surface area contributed by atoms with E-state index < -0.39 is 10.0 Å². The van der Waals surface area contributed by atoms with Gasteiger partial charge in [0.15, 0.2) is 0 Å². The molecule has 19 heavy (non-hydrogen) atoms. The molecule has 1 aliphatic rings. The SMILES string of the molecule is CCN1CC[C@@H](N(C)S(=O)(=O)CCCC#N)C[C@@H]1C. The van der Waals surface area contributed by atoms with Crippen molar-refractivity contribution in [2.75, 3.05) is 25.9 Å². The summed E-state index contributed by atoms with van der Waals surface area (Å²) in [5.74, 6) is 0.0828. The maximum absolute atomic E-state index is 12.2. The van der Waals surface area contributed by atoms with Crippen molar-refractivity contribution in [1.82, 2.24) is 9.21 Å². The molecule has 1 heterocycles. The van der Waals surface area contributed by atoms with Crippen molar-refractivity contribution in [3.8, 4) is 6.07 Å². The van der Waals surface area contributed by atoms with Crippen LogP contribution >= 0.6 is 0 Å². The summed E-state index contributed by atoms with van der Waals surface area (Å²) in [7, 11) is -1.53. The Bertz CT molecular complexity index is 416. The standard InChI is InChI=1S/C13H25N3O2S/c1-4-16-9-7-13(11-12(16)2)15(3)19(17,18)10-6-5-8-14/h12-13H,4-7,9-11H2,1-3H3/t12-,13+/m0/s1. The van der Waals surface area contributed by atoms with Gasteiger partial charge in [0.05, 0.1) is 11.8 Å². The summed E-state index contributed by atoms with van der Waals surface area (Å²) in [5.41, 5.74) is 0. The van der Waals surface area contributed by atoms with Crippen LogP contribution in [0.5, 0.6) is 0 Å². The molecule has 1 rings (SSSR count). The van der Waals surface area contributed by atoms with Gasteiger partial charge >= 0.3 is 0 Å². The first-order chi connectivity index (χ1) is 8.92. The smallest absolute Gasteiger partial charge is 0.214 e. The molecule has 0 aromatic carbocycles. The Hall–Kier alpha value is -0.640. The lowest BCUT2D eigenvalue weighted by atomic mass is 9.99. The highest BCUT2D eigenvalue weighted by Gasteiger charge is 2.31. The van der Waals surface area contributed by atoms with Gasteiger partial charge in [-0.3, -0.25) is 0 Å². The van der Waals surface area contributed by atoms with Gasteiger partial charge in [-0.05, 0) is 39.3 Å². The number of hydrogen-bond donors (Lipinski definition) is 0. The minimum Gasteiger partial charge on any atom is -0.301 e. The normalized spacial score (nSPS) is 25.4. The molecule has 0 aliphatic carbocycles. The molecule has 0 radical (unpaired) electrons. The van der Waals surface area contributed by atoms with Crippen molar-refractivity contribution in [3.05, 3.63) is 0 Å². The zero-order valence-electron chi connectivity index (χ0n) is 12.2. The van der Waals surface area contributed by atoms with Gasteiger partial charge in [-0.1, -0.05) is 6.92 Å². The van der Waals surface area contributed by atoms with E-state index in [9.17, 15) is 8.42 Å². The van der Waals surface area contributed by atoms with Gasteiger partial charge in [0.25, 0.3) is 0 Å². The molecule has 5 nitrogen and oxygen atoms in total. The first kappa shape index (κ1) is 16.4. The second kappa shape index (κ2) is 7.22. The Kier molecular flexibility index (Phi) is 6.24. The largest absolute Gasteiger partial charge is 0.301 e. The van der Waals surface area contributed by atoms with E-state index in [1.54, 1.807) is 7.05 Å². The van der Waals surface area contributed by atoms with E-state index in [4.69, 9.17) is 5.26 Å². The number of nitriles is 1. The molecular weight excluding hydrogens is 262 g/mol. The fourth-order valence-corrected chi connectivity index (χ4v) is 4.14. The van der Waals surface area contributed by atoms with Crippen LogP contribution in [0.1, 0.15) is 39.5 Å². The van der Waals surface area contributed by atoms with Gasteiger partial charge in [0, 0.05) is 25.6 Å². The van der Waals surface area contributed by atoms with Crippen molar-refractivity contribution in [3.63, 3.8) is 0 Å². The fourth-order valence-electron chi connectivity index (χ4n) is 2.70. The van der Waals surface area contributed by atoms with Gasteiger partial charge in [0.2, 0.25) is 10.0 Å². The highest BCUT2D eigenvalue weighted by atomic mass is 32.2. The van der Waals surface area contributed by atoms with Gasteiger partial charge < -0.3 is 4.90 Å². The van der Waals surface area contributed by atoms with Crippen LogP contribution in [0.25, 0.3) is 0 Å². The van der Waals surface area contributed by atoms with Crippen molar-refractivity contribution in [2.24, 2.45) is 0 Å². The highest BCUT2D eigenvalue weighted by Crippen LogP contribution is 2.23. The summed E-state index contributed by atoms with van der Waals surface area (Å²) in [4.78, 5) is 2.38. The van der Waals surface area contributed by atoms with Crippen LogP contribution in [0.2, 0.25) is 0 Å². The zero-order chi connectivity index (χ0) is 14.5. The Labute approximate surface area is 117 Å². The maximum Gasteiger partial charge on any atom is 0.214 e. The van der Waals surface area contributed by atoms with Gasteiger partial charge in [-0.25, -0.2) is 12.7 Å². The Morgan fingerprint density at radius 2 is 2.16 bits per heavy atom. The number of piperidine rings is 1. The molecule has 0 aromatic rings. The van der Waals surface area contributed by atoms with Crippen LogP contribution < -0.4 is 0 Å². The number of nitrogens with zero attached hydrogens (tertiary/aromatic N) is 3. The second-order valence-electron chi connectivity index (χ2n) is 5.25. The molecule has 0 aromatic heterocycles. The van der Waals surface area contributed by atoms with Gasteiger partial charge in [-0.15, -0.1) is 0 Å². The highest BCUT2D eigenvalue weighted by molar-refractivity contribution is 7.89. The summed E-state index contributed by atoms with van der Waals surface area (Å²) in [6.07, 6.45) is 2.51. The first-order valence-electron chi connectivity index (χ1n) is 6.99. The van der Waals surface area contributed by atoms with Gasteiger partial charge in [-0.2, -0.15) is 5.26 Å². The van der Waals surface area contributed by atoms with Gasteiger partial charge in [0.1, 0.15) is 0 Å². The second-order valence-corrected chi connectivity index (χ2v) is 7.40. The predicted molar refractivity (Wildman–Crippen MR) is 76.1 cm³/mol. The van der Waals surface area contributed by atoms with Crippen molar-refractivity contribution < 1.29 is 8.42 Å². The molecule has 0 N–H and O–H groups in total. The quantitative estimate of drug-likeness (QED) is 0.693. The molecular formula is C13H25N3O2S. The maximum atomic E-state index is 12.2. The minimum atomic E-state index is -3.22. The number of sulfonamides is 1. The summed E-state index contributed by atoms with van der Waals surface area (Å²) in [5, 5.41) is 8.48. The van der Waals surface area contributed by atoms with Crippen molar-refractivity contribution in [2.45, 2.75) is 51.6 Å². The molecule has 1 aliphatic heterocycles. The van der Waals surface area contributed by atoms with E-state index in [0.717, 1.165) is 25.9 Å². The van der Waals surface area contributed by atoms with Crippen LogP contribution in [0.4, 0.5) is 0 Å². The van der Waals surface area contributed by atoms with E-state index in [2.05, 4.69) is 18.7 Å². The number of hydrogen-bond acceptors (Lipinski definition) is 4. The molecule has 0 unspecified atom stereocenters. The molecule has 6 heteroatoms. The van der Waals surface area contributed by atoms with E-state index >= 15 is 0 Å². The van der Waals surface area contributed by atoms with Crippen LogP contribution in [0.3, 0.4) is 0 Å². The third kappa shape index (κ3) is 4.44. The van der Waals surface area contributed by atoms with Crippen molar-refractivity contribution >= 4 is 10.0 Å². The summed E-state index contributed by atoms with van der Waals surface area (Å²) >= 11 is 0. The van der Waals surface area contributed by atoms with Crippen LogP contribution in [-0.2, 0) is 10.0 Å². The fraction of sp³-hybridized carbons (Fsp3) is 0.923. The number of rotatable bonds is 6. The molecule has 0 spiro atoms. The lowest BCUT2D eigenvalue weighted by Crippen LogP contribution is -2.49. The number of unbranched alkanes of at least 4 members (excludes halogenated alkanes) is 1. The van der Waals surface area contributed by atoms with Crippen molar-refractivity contribution in [1.29, 1.82) is 5.26 Å². The molecule has 1 saturated heterocycles. The molecule has 110 valence electrons. The Morgan fingerprint density at radius 3 is 2.68 bits per heavy atom. The van der Waals surface area contributed by atoms with E-state index in [-0.39, 0.29) is 11.8 Å². The number of likely N-dealkylation sites (tertiary alicyclic amines) is 1. The monoisotopic (exact) mass is 287 g/mol. The lowest BCUT2D eigenvalue weighted by Gasteiger charge is -2.40. The van der Waals surface area contributed by atoms with E-state index in [0.29, 0.717) is 18.9 Å². The Balaban J connectivity index is 2.58. The van der Waals surface area contributed by atoms with Crippen LogP contribution in [0.15, 0.2) is 0 Å². The third-order valence-corrected chi connectivity index (χ3v) is 6.02. The molecule has 2 atom stereocenters. The van der Waals surface area contributed by atoms with E-state index in [1.165, 1.54) is 4.31 Å².